The summed E-state index contributed by atoms with van der Waals surface area (Å²) < 4.78 is 0. The second-order valence-corrected chi connectivity index (χ2v) is 4.63. The molecule has 3 amide bonds. The van der Waals surface area contributed by atoms with Crippen LogP contribution in [-0.2, 0) is 4.79 Å². The molecule has 0 radical (unpaired) electrons. The molecule has 2 aliphatic heterocycles. The number of amides is 3. The van der Waals surface area contributed by atoms with E-state index in [1.54, 1.807) is 0 Å². The van der Waals surface area contributed by atoms with Crippen molar-refractivity contribution >= 4 is 24.3 Å². The van der Waals surface area contributed by atoms with E-state index in [1.165, 1.54) is 17.7 Å². The number of rotatable bonds is 4. The van der Waals surface area contributed by atoms with E-state index in [1.807, 2.05) is 7.05 Å². The summed E-state index contributed by atoms with van der Waals surface area (Å²) in [5.74, 6) is -0.114. The van der Waals surface area contributed by atoms with Gasteiger partial charge in [0, 0.05) is 25.7 Å². The number of nitrogens with zero attached hydrogens (tertiary/aromatic N) is 2. The van der Waals surface area contributed by atoms with Crippen molar-refractivity contribution in [2.24, 2.45) is 0 Å². The minimum absolute atomic E-state index is 0. The van der Waals surface area contributed by atoms with Gasteiger partial charge in [-0.15, -0.1) is 12.4 Å². The van der Waals surface area contributed by atoms with Crippen LogP contribution in [0.15, 0.2) is 0 Å². The number of hydrogen-bond acceptors (Lipinski definition) is 4. The Balaban J connectivity index is 0.00000162. The number of nitrogens with one attached hydrogen (secondary N) is 2. The van der Waals surface area contributed by atoms with Gasteiger partial charge in [-0.3, -0.25) is 9.69 Å². The van der Waals surface area contributed by atoms with E-state index in [0.29, 0.717) is 12.6 Å². The van der Waals surface area contributed by atoms with Gasteiger partial charge in [0.2, 0.25) is 5.91 Å². The third-order valence-corrected chi connectivity index (χ3v) is 3.49. The highest BCUT2D eigenvalue weighted by Crippen LogP contribution is 2.10. The second-order valence-electron chi connectivity index (χ2n) is 4.63. The predicted octanol–water partition coefficient (Wildman–Crippen LogP) is -0.356. The van der Waals surface area contributed by atoms with Crippen LogP contribution in [0.25, 0.3) is 0 Å². The Bertz CT molecular complexity index is 297. The first-order valence-electron chi connectivity index (χ1n) is 6.18. The first-order chi connectivity index (χ1) is 8.20. The van der Waals surface area contributed by atoms with Gasteiger partial charge in [-0.05, 0) is 26.4 Å². The molecular weight excluding hydrogens is 256 g/mol. The Hall–Kier alpha value is -0.850. The summed E-state index contributed by atoms with van der Waals surface area (Å²) in [5.41, 5.74) is 0. The molecule has 1 atom stereocenters. The monoisotopic (exact) mass is 276 g/mol. The average Bonchev–Trinajstić information content (AvgIpc) is 2.67. The van der Waals surface area contributed by atoms with Gasteiger partial charge in [0.05, 0.1) is 6.54 Å². The van der Waals surface area contributed by atoms with E-state index in [0.717, 1.165) is 19.6 Å². The number of imide groups is 1. The van der Waals surface area contributed by atoms with E-state index in [2.05, 4.69) is 15.5 Å². The summed E-state index contributed by atoms with van der Waals surface area (Å²) >= 11 is 0. The third kappa shape index (κ3) is 3.57. The molecule has 0 saturated carbocycles. The molecule has 2 rings (SSSR count). The standard InChI is InChI=1S/C11H20N4O2.ClH/c1-12-9-3-2-4-14(8-9)5-6-15-10(16)7-13-11(15)17;/h9,12H,2-8H2,1H3,(H,13,17);1H. The number of urea groups is 1. The molecule has 0 aromatic carbocycles. The number of likely N-dealkylation sites (N-methyl/N-ethyl adjacent to an activating group) is 1. The van der Waals surface area contributed by atoms with Crippen LogP contribution in [0.1, 0.15) is 12.8 Å². The molecule has 2 fully saturated rings. The second kappa shape index (κ2) is 6.92. The van der Waals surface area contributed by atoms with Crippen molar-refractivity contribution in [3.8, 4) is 0 Å². The van der Waals surface area contributed by atoms with Crippen LogP contribution in [-0.4, -0.2) is 67.6 Å². The minimum atomic E-state index is -0.253. The van der Waals surface area contributed by atoms with Gasteiger partial charge < -0.3 is 15.5 Å². The lowest BCUT2D eigenvalue weighted by atomic mass is 10.1. The van der Waals surface area contributed by atoms with Crippen LogP contribution in [0.3, 0.4) is 0 Å². The molecule has 18 heavy (non-hydrogen) atoms. The van der Waals surface area contributed by atoms with Gasteiger partial charge in [0.25, 0.3) is 0 Å². The molecule has 0 aromatic rings. The van der Waals surface area contributed by atoms with Crippen molar-refractivity contribution in [2.75, 3.05) is 39.8 Å². The Morgan fingerprint density at radius 2 is 2.17 bits per heavy atom. The van der Waals surface area contributed by atoms with Crippen molar-refractivity contribution in [3.05, 3.63) is 0 Å². The maximum absolute atomic E-state index is 11.4. The Morgan fingerprint density at radius 1 is 1.39 bits per heavy atom. The van der Waals surface area contributed by atoms with Crippen molar-refractivity contribution in [2.45, 2.75) is 18.9 Å². The van der Waals surface area contributed by atoms with E-state index < -0.39 is 0 Å². The quantitative estimate of drug-likeness (QED) is 0.689. The number of halogens is 1. The van der Waals surface area contributed by atoms with Crippen molar-refractivity contribution in [3.63, 3.8) is 0 Å². The normalized spacial score (nSPS) is 24.9. The fourth-order valence-electron chi connectivity index (χ4n) is 2.42. The van der Waals surface area contributed by atoms with E-state index in [4.69, 9.17) is 0 Å². The van der Waals surface area contributed by atoms with Gasteiger partial charge in [-0.1, -0.05) is 0 Å². The zero-order valence-corrected chi connectivity index (χ0v) is 11.5. The average molecular weight is 277 g/mol. The fraction of sp³-hybridized carbons (Fsp3) is 0.818. The number of piperidine rings is 1. The molecule has 2 N–H and O–H groups in total. The maximum atomic E-state index is 11.4. The highest BCUT2D eigenvalue weighted by Gasteiger charge is 2.29. The lowest BCUT2D eigenvalue weighted by Crippen LogP contribution is -2.47. The van der Waals surface area contributed by atoms with Crippen LogP contribution >= 0.6 is 12.4 Å². The highest BCUT2D eigenvalue weighted by atomic mass is 35.5. The molecule has 1 unspecified atom stereocenters. The molecule has 2 aliphatic rings. The first-order valence-corrected chi connectivity index (χ1v) is 6.18. The van der Waals surface area contributed by atoms with Gasteiger partial charge in [-0.25, -0.2) is 4.79 Å². The van der Waals surface area contributed by atoms with Crippen LogP contribution in [0.5, 0.6) is 0 Å². The number of carbonyl (C=O) groups excluding carboxylic acids is 2. The molecule has 0 aromatic heterocycles. The number of likely N-dealkylation sites (tertiary alicyclic amines) is 1. The summed E-state index contributed by atoms with van der Waals surface area (Å²) in [6.45, 7) is 3.48. The molecule has 2 saturated heterocycles. The van der Waals surface area contributed by atoms with Crippen LogP contribution in [0.4, 0.5) is 4.79 Å². The smallest absolute Gasteiger partial charge is 0.324 e. The number of hydrogen-bond donors (Lipinski definition) is 2. The fourth-order valence-corrected chi connectivity index (χ4v) is 2.42. The summed E-state index contributed by atoms with van der Waals surface area (Å²) in [6, 6.07) is 0.282. The van der Waals surface area contributed by atoms with E-state index in [-0.39, 0.29) is 30.9 Å². The van der Waals surface area contributed by atoms with E-state index >= 15 is 0 Å². The SMILES string of the molecule is CNC1CCCN(CCN2C(=O)CNC2=O)C1.Cl. The largest absolute Gasteiger partial charge is 0.329 e. The summed E-state index contributed by atoms with van der Waals surface area (Å²) in [4.78, 5) is 26.3. The van der Waals surface area contributed by atoms with Crippen LogP contribution < -0.4 is 10.6 Å². The maximum Gasteiger partial charge on any atom is 0.324 e. The van der Waals surface area contributed by atoms with Gasteiger partial charge in [0.1, 0.15) is 0 Å². The summed E-state index contributed by atoms with van der Waals surface area (Å²) in [7, 11) is 1.98. The van der Waals surface area contributed by atoms with Crippen LogP contribution in [0, 0.1) is 0 Å². The van der Waals surface area contributed by atoms with Gasteiger partial charge in [0.15, 0.2) is 0 Å². The molecule has 2 heterocycles. The molecule has 0 spiro atoms. The van der Waals surface area contributed by atoms with E-state index in [9.17, 15) is 9.59 Å². The molecular formula is C11H21ClN4O2. The van der Waals surface area contributed by atoms with Gasteiger partial charge in [-0.2, -0.15) is 0 Å². The molecule has 104 valence electrons. The molecule has 0 bridgehead atoms. The van der Waals surface area contributed by atoms with Crippen molar-refractivity contribution in [1.29, 1.82) is 0 Å². The molecule has 7 heteroatoms. The third-order valence-electron chi connectivity index (χ3n) is 3.49. The Labute approximate surface area is 113 Å². The lowest BCUT2D eigenvalue weighted by molar-refractivity contribution is -0.125. The Morgan fingerprint density at radius 3 is 2.78 bits per heavy atom. The van der Waals surface area contributed by atoms with Crippen molar-refractivity contribution in [1.82, 2.24) is 20.4 Å². The topological polar surface area (TPSA) is 64.7 Å². The molecule has 6 nitrogen and oxygen atoms in total. The summed E-state index contributed by atoms with van der Waals surface area (Å²) in [6.07, 6.45) is 2.38. The zero-order chi connectivity index (χ0) is 12.3. The summed E-state index contributed by atoms with van der Waals surface area (Å²) in [5, 5.41) is 5.81. The lowest BCUT2D eigenvalue weighted by Gasteiger charge is -2.33. The predicted molar refractivity (Wildman–Crippen MR) is 70.9 cm³/mol. The first kappa shape index (κ1) is 15.2. The minimum Gasteiger partial charge on any atom is -0.329 e. The van der Waals surface area contributed by atoms with Gasteiger partial charge >= 0.3 is 6.03 Å². The zero-order valence-electron chi connectivity index (χ0n) is 10.6. The Kier molecular flexibility index (Phi) is 5.84. The highest BCUT2D eigenvalue weighted by molar-refractivity contribution is 6.01. The van der Waals surface area contributed by atoms with Crippen LogP contribution in [0.2, 0.25) is 0 Å². The molecule has 0 aliphatic carbocycles. The van der Waals surface area contributed by atoms with Crippen molar-refractivity contribution < 1.29 is 9.59 Å². The number of carbonyl (C=O) groups is 2.